The number of nitrogens with zero attached hydrogens (tertiary/aromatic N) is 5. The van der Waals surface area contributed by atoms with Gasteiger partial charge in [-0.2, -0.15) is 5.10 Å². The molecule has 0 radical (unpaired) electrons. The van der Waals surface area contributed by atoms with Gasteiger partial charge >= 0.3 is 0 Å². The molecule has 0 saturated carbocycles. The third kappa shape index (κ3) is 5.00. The summed E-state index contributed by atoms with van der Waals surface area (Å²) in [5, 5.41) is 4.31. The molecule has 1 aromatic heterocycles. The standard InChI is InChI=1S/C16H29N5O2/c1-13-17-14(2)21(18-13)12-16(22)20(8-5-11-23-4)15-6-9-19(3)10-7-15/h15H,5-12H2,1-4H3. The average Bonchev–Trinajstić information content (AvgIpc) is 2.82. The zero-order valence-electron chi connectivity index (χ0n) is 14.8. The van der Waals surface area contributed by atoms with Gasteiger partial charge in [0.25, 0.3) is 0 Å². The fourth-order valence-electron chi connectivity index (χ4n) is 3.13. The summed E-state index contributed by atoms with van der Waals surface area (Å²) >= 11 is 0. The van der Waals surface area contributed by atoms with Gasteiger partial charge in [-0.25, -0.2) is 9.67 Å². The fraction of sp³-hybridized carbons (Fsp3) is 0.812. The molecule has 1 amide bonds. The number of hydrogen-bond donors (Lipinski definition) is 0. The Bertz CT molecular complexity index is 509. The number of methoxy groups -OCH3 is 1. The Morgan fingerprint density at radius 2 is 2.04 bits per heavy atom. The maximum absolute atomic E-state index is 12.8. The van der Waals surface area contributed by atoms with E-state index in [-0.39, 0.29) is 12.5 Å². The van der Waals surface area contributed by atoms with Crippen LogP contribution in [-0.2, 0) is 16.1 Å². The molecule has 0 aliphatic carbocycles. The smallest absolute Gasteiger partial charge is 0.244 e. The van der Waals surface area contributed by atoms with Gasteiger partial charge < -0.3 is 14.5 Å². The second-order valence-electron chi connectivity index (χ2n) is 6.33. The number of aryl methyl sites for hydroxylation is 2. The van der Waals surface area contributed by atoms with Gasteiger partial charge in [0.05, 0.1) is 0 Å². The Balaban J connectivity index is 2.02. The maximum Gasteiger partial charge on any atom is 0.244 e. The number of piperidine rings is 1. The molecule has 2 rings (SSSR count). The predicted octanol–water partition coefficient (Wildman–Crippen LogP) is 0.854. The summed E-state index contributed by atoms with van der Waals surface area (Å²) in [4.78, 5) is 21.5. The van der Waals surface area contributed by atoms with Crippen LogP contribution in [-0.4, -0.2) is 76.9 Å². The van der Waals surface area contributed by atoms with Crippen molar-refractivity contribution in [1.82, 2.24) is 24.6 Å². The lowest BCUT2D eigenvalue weighted by molar-refractivity contribution is -0.135. The van der Waals surface area contributed by atoms with Gasteiger partial charge in [-0.1, -0.05) is 0 Å². The predicted molar refractivity (Wildman–Crippen MR) is 88.2 cm³/mol. The second-order valence-corrected chi connectivity index (χ2v) is 6.33. The van der Waals surface area contributed by atoms with E-state index in [0.717, 1.165) is 44.7 Å². The minimum Gasteiger partial charge on any atom is -0.385 e. The first-order chi connectivity index (χ1) is 11.0. The van der Waals surface area contributed by atoms with Crippen LogP contribution in [0.1, 0.15) is 30.9 Å². The van der Waals surface area contributed by atoms with E-state index >= 15 is 0 Å². The molecule has 23 heavy (non-hydrogen) atoms. The highest BCUT2D eigenvalue weighted by molar-refractivity contribution is 5.76. The van der Waals surface area contributed by atoms with Gasteiger partial charge in [0.2, 0.25) is 5.91 Å². The Kier molecular flexibility index (Phi) is 6.53. The van der Waals surface area contributed by atoms with Crippen LogP contribution in [0.3, 0.4) is 0 Å². The van der Waals surface area contributed by atoms with Crippen molar-refractivity contribution < 1.29 is 9.53 Å². The lowest BCUT2D eigenvalue weighted by Crippen LogP contribution is -2.48. The summed E-state index contributed by atoms with van der Waals surface area (Å²) < 4.78 is 6.85. The molecule has 0 atom stereocenters. The van der Waals surface area contributed by atoms with Crippen LogP contribution in [0, 0.1) is 13.8 Å². The molecule has 1 aromatic rings. The van der Waals surface area contributed by atoms with Crippen LogP contribution in [0.15, 0.2) is 0 Å². The Morgan fingerprint density at radius 3 is 2.61 bits per heavy atom. The Morgan fingerprint density at radius 1 is 1.35 bits per heavy atom. The molecular formula is C16H29N5O2. The molecule has 0 unspecified atom stereocenters. The molecule has 0 N–H and O–H groups in total. The van der Waals surface area contributed by atoms with Crippen LogP contribution in [0.4, 0.5) is 0 Å². The van der Waals surface area contributed by atoms with E-state index < -0.39 is 0 Å². The van der Waals surface area contributed by atoms with Crippen molar-refractivity contribution in [3.05, 3.63) is 11.6 Å². The van der Waals surface area contributed by atoms with Gasteiger partial charge in [0, 0.05) is 26.3 Å². The number of hydrogen-bond acceptors (Lipinski definition) is 5. The van der Waals surface area contributed by atoms with E-state index in [1.54, 1.807) is 11.8 Å². The summed E-state index contributed by atoms with van der Waals surface area (Å²) in [7, 11) is 3.83. The molecule has 0 aromatic carbocycles. The molecule has 1 aliphatic heterocycles. The molecular weight excluding hydrogens is 294 g/mol. The minimum atomic E-state index is 0.128. The van der Waals surface area contributed by atoms with E-state index in [9.17, 15) is 4.79 Å². The highest BCUT2D eigenvalue weighted by Crippen LogP contribution is 2.17. The van der Waals surface area contributed by atoms with Crippen molar-refractivity contribution >= 4 is 5.91 Å². The first kappa shape index (κ1) is 17.9. The lowest BCUT2D eigenvalue weighted by Gasteiger charge is -2.37. The molecule has 1 fully saturated rings. The normalized spacial score (nSPS) is 16.7. The van der Waals surface area contributed by atoms with Crippen molar-refractivity contribution in [3.8, 4) is 0 Å². The number of aromatic nitrogens is 3. The summed E-state index contributed by atoms with van der Waals surface area (Å²) in [5.74, 6) is 1.63. The van der Waals surface area contributed by atoms with Crippen molar-refractivity contribution in [1.29, 1.82) is 0 Å². The van der Waals surface area contributed by atoms with Gasteiger partial charge in [-0.05, 0) is 53.2 Å². The first-order valence-electron chi connectivity index (χ1n) is 8.36. The lowest BCUT2D eigenvalue weighted by atomic mass is 10.0. The van der Waals surface area contributed by atoms with Gasteiger partial charge in [-0.15, -0.1) is 0 Å². The first-order valence-corrected chi connectivity index (χ1v) is 8.36. The van der Waals surface area contributed by atoms with E-state index in [1.807, 2.05) is 18.7 Å². The molecule has 0 spiro atoms. The zero-order chi connectivity index (χ0) is 16.8. The minimum absolute atomic E-state index is 0.128. The average molecular weight is 323 g/mol. The number of carbonyl (C=O) groups excluding carboxylic acids is 1. The molecule has 130 valence electrons. The quantitative estimate of drug-likeness (QED) is 0.696. The molecule has 0 bridgehead atoms. The number of amides is 1. The van der Waals surface area contributed by atoms with E-state index in [4.69, 9.17) is 4.74 Å². The van der Waals surface area contributed by atoms with Gasteiger partial charge in [-0.3, -0.25) is 4.79 Å². The van der Waals surface area contributed by atoms with Crippen molar-refractivity contribution in [2.45, 2.75) is 45.7 Å². The summed E-state index contributed by atoms with van der Waals surface area (Å²) in [6.45, 7) is 7.51. The summed E-state index contributed by atoms with van der Waals surface area (Å²) in [6, 6.07) is 0.320. The largest absolute Gasteiger partial charge is 0.385 e. The third-order valence-electron chi connectivity index (χ3n) is 4.44. The van der Waals surface area contributed by atoms with Gasteiger partial charge in [0.15, 0.2) is 0 Å². The second kappa shape index (κ2) is 8.40. The van der Waals surface area contributed by atoms with Crippen LogP contribution in [0.2, 0.25) is 0 Å². The Hall–Kier alpha value is -1.47. The van der Waals surface area contributed by atoms with Crippen molar-refractivity contribution in [3.63, 3.8) is 0 Å². The van der Waals surface area contributed by atoms with Crippen LogP contribution < -0.4 is 0 Å². The third-order valence-corrected chi connectivity index (χ3v) is 4.44. The van der Waals surface area contributed by atoms with Crippen LogP contribution in [0.5, 0.6) is 0 Å². The number of ether oxygens (including phenoxy) is 1. The van der Waals surface area contributed by atoms with Crippen molar-refractivity contribution in [2.24, 2.45) is 0 Å². The van der Waals surface area contributed by atoms with E-state index in [1.165, 1.54) is 0 Å². The Labute approximate surface area is 138 Å². The van der Waals surface area contributed by atoms with Crippen LogP contribution >= 0.6 is 0 Å². The number of likely N-dealkylation sites (tertiary alicyclic amines) is 1. The summed E-state index contributed by atoms with van der Waals surface area (Å²) in [5.41, 5.74) is 0. The van der Waals surface area contributed by atoms with E-state index in [2.05, 4.69) is 22.0 Å². The highest BCUT2D eigenvalue weighted by atomic mass is 16.5. The van der Waals surface area contributed by atoms with Crippen LogP contribution in [0.25, 0.3) is 0 Å². The fourth-order valence-corrected chi connectivity index (χ4v) is 3.13. The monoisotopic (exact) mass is 323 g/mol. The van der Waals surface area contributed by atoms with Crippen molar-refractivity contribution in [2.75, 3.05) is 40.4 Å². The van der Waals surface area contributed by atoms with Gasteiger partial charge in [0.1, 0.15) is 18.2 Å². The highest BCUT2D eigenvalue weighted by Gasteiger charge is 2.27. The SMILES string of the molecule is COCCCN(C(=O)Cn1nc(C)nc1C)C1CCN(C)CC1. The molecule has 2 heterocycles. The van der Waals surface area contributed by atoms with E-state index in [0.29, 0.717) is 18.5 Å². The maximum atomic E-state index is 12.8. The number of rotatable bonds is 7. The number of carbonyl (C=O) groups is 1. The molecule has 7 nitrogen and oxygen atoms in total. The summed E-state index contributed by atoms with van der Waals surface area (Å²) in [6.07, 6.45) is 2.93. The zero-order valence-corrected chi connectivity index (χ0v) is 14.8. The molecule has 7 heteroatoms. The molecule has 1 saturated heterocycles. The topological polar surface area (TPSA) is 63.5 Å². The molecule has 1 aliphatic rings.